The Bertz CT molecular complexity index is 836. The molecule has 0 aromatic rings. The molecule has 6 atom stereocenters. The van der Waals surface area contributed by atoms with Gasteiger partial charge in [0.25, 0.3) is 0 Å². The molecule has 0 aromatic carbocycles. The lowest BCUT2D eigenvalue weighted by Gasteiger charge is -2.55. The topological polar surface area (TPSA) is 60.4 Å². The molecule has 0 radical (unpaired) electrons. The summed E-state index contributed by atoms with van der Waals surface area (Å²) in [4.78, 5) is 36.6. The molecule has 0 N–H and O–H groups in total. The summed E-state index contributed by atoms with van der Waals surface area (Å²) in [5, 5.41) is 0. The van der Waals surface area contributed by atoms with Gasteiger partial charge in [-0.25, -0.2) is 0 Å². The molecule has 4 nitrogen and oxygen atoms in total. The van der Waals surface area contributed by atoms with Crippen LogP contribution in [0.2, 0.25) is 0 Å². The molecule has 0 spiro atoms. The van der Waals surface area contributed by atoms with Crippen LogP contribution in [0.25, 0.3) is 0 Å². The number of carbonyl (C=O) groups is 3. The van der Waals surface area contributed by atoms with Crippen molar-refractivity contribution in [3.63, 3.8) is 0 Å². The van der Waals surface area contributed by atoms with Crippen LogP contribution >= 0.6 is 0 Å². The molecule has 0 heterocycles. The third-order valence-corrected chi connectivity index (χ3v) is 9.49. The molecule has 0 aliphatic heterocycles. The van der Waals surface area contributed by atoms with Crippen LogP contribution in [0.5, 0.6) is 0 Å². The van der Waals surface area contributed by atoms with Crippen molar-refractivity contribution >= 4 is 17.5 Å². The molecule has 4 rings (SSSR count). The number of ketones is 2. The molecular weight excluding hydrogens is 364 g/mol. The standard InChI is InChI=1S/C25H34O4/c1-15-12-21-19-7-6-17-13-18(27)8-10-23(17,3)20(19)9-11-24(21,4)25(15,5)22(28)14-29-16(2)26/h9,13,15,19,21H,6-8,10-12,14H2,1-5H3. The lowest BCUT2D eigenvalue weighted by molar-refractivity contribution is -0.153. The maximum Gasteiger partial charge on any atom is 0.303 e. The Morgan fingerprint density at radius 1 is 1.21 bits per heavy atom. The first kappa shape index (κ1) is 20.6. The van der Waals surface area contributed by atoms with Gasteiger partial charge in [-0.1, -0.05) is 44.9 Å². The normalized spacial score (nSPS) is 43.5. The average Bonchev–Trinajstić information content (AvgIpc) is 2.88. The summed E-state index contributed by atoms with van der Waals surface area (Å²) in [6, 6.07) is 0. The van der Waals surface area contributed by atoms with Gasteiger partial charge >= 0.3 is 5.97 Å². The summed E-state index contributed by atoms with van der Waals surface area (Å²) in [6.07, 6.45) is 9.87. The average molecular weight is 399 g/mol. The highest BCUT2D eigenvalue weighted by Crippen LogP contribution is 2.69. The van der Waals surface area contributed by atoms with Gasteiger partial charge in [-0.3, -0.25) is 14.4 Å². The molecule has 0 bridgehead atoms. The predicted molar refractivity (Wildman–Crippen MR) is 111 cm³/mol. The van der Waals surface area contributed by atoms with Crippen molar-refractivity contribution < 1.29 is 19.1 Å². The lowest BCUT2D eigenvalue weighted by atomic mass is 9.48. The van der Waals surface area contributed by atoms with E-state index in [1.165, 1.54) is 18.1 Å². The molecule has 0 amide bonds. The van der Waals surface area contributed by atoms with Crippen molar-refractivity contribution in [2.75, 3.05) is 6.61 Å². The van der Waals surface area contributed by atoms with Gasteiger partial charge in [0.1, 0.15) is 0 Å². The maximum absolute atomic E-state index is 13.3. The summed E-state index contributed by atoms with van der Waals surface area (Å²) < 4.78 is 5.11. The molecular formula is C25H34O4. The SMILES string of the molecule is CC(=O)OCC(=O)C1(C)C(C)CC2C3CCC4=CC(=O)CCC4(C)C3=CCC21C. The van der Waals surface area contributed by atoms with Gasteiger partial charge in [0, 0.05) is 24.2 Å². The molecule has 29 heavy (non-hydrogen) atoms. The number of allylic oxidation sites excluding steroid dienone is 4. The van der Waals surface area contributed by atoms with Crippen molar-refractivity contribution in [2.24, 2.45) is 34.0 Å². The largest absolute Gasteiger partial charge is 0.458 e. The summed E-state index contributed by atoms with van der Waals surface area (Å²) in [5.41, 5.74) is 2.24. The Labute approximate surface area is 174 Å². The van der Waals surface area contributed by atoms with Crippen LogP contribution in [-0.2, 0) is 19.1 Å². The Hall–Kier alpha value is -1.71. The Balaban J connectivity index is 1.70. The van der Waals surface area contributed by atoms with E-state index in [0.717, 1.165) is 32.1 Å². The molecule has 4 aliphatic rings. The molecule has 0 aromatic heterocycles. The molecule has 4 heteroatoms. The van der Waals surface area contributed by atoms with Crippen LogP contribution in [-0.4, -0.2) is 24.1 Å². The second-order valence-corrected chi connectivity index (χ2v) is 10.5. The van der Waals surface area contributed by atoms with Gasteiger partial charge in [0.15, 0.2) is 18.2 Å². The summed E-state index contributed by atoms with van der Waals surface area (Å²) in [5.74, 6) is 1.13. The van der Waals surface area contributed by atoms with E-state index in [0.29, 0.717) is 18.3 Å². The van der Waals surface area contributed by atoms with Gasteiger partial charge in [-0.05, 0) is 61.3 Å². The second-order valence-electron chi connectivity index (χ2n) is 10.5. The zero-order valence-corrected chi connectivity index (χ0v) is 18.5. The fourth-order valence-corrected chi connectivity index (χ4v) is 7.34. The Kier molecular flexibility index (Phi) is 4.71. The van der Waals surface area contributed by atoms with Crippen LogP contribution < -0.4 is 0 Å². The van der Waals surface area contributed by atoms with Crippen LogP contribution in [0.3, 0.4) is 0 Å². The second kappa shape index (κ2) is 6.65. The summed E-state index contributed by atoms with van der Waals surface area (Å²) in [7, 11) is 0. The minimum Gasteiger partial charge on any atom is -0.458 e. The molecule has 6 unspecified atom stereocenters. The van der Waals surface area contributed by atoms with Crippen molar-refractivity contribution in [2.45, 2.75) is 73.1 Å². The minimum atomic E-state index is -0.491. The van der Waals surface area contributed by atoms with E-state index < -0.39 is 11.4 Å². The lowest BCUT2D eigenvalue weighted by Crippen LogP contribution is -2.51. The van der Waals surface area contributed by atoms with Crippen molar-refractivity contribution in [1.29, 1.82) is 0 Å². The van der Waals surface area contributed by atoms with Gasteiger partial charge < -0.3 is 4.74 Å². The number of fused-ring (bicyclic) bond motifs is 5. The van der Waals surface area contributed by atoms with Crippen molar-refractivity contribution in [3.05, 3.63) is 23.3 Å². The van der Waals surface area contributed by atoms with Crippen LogP contribution in [0.1, 0.15) is 73.1 Å². The van der Waals surface area contributed by atoms with E-state index in [1.54, 1.807) is 0 Å². The van der Waals surface area contributed by atoms with Crippen LogP contribution in [0.4, 0.5) is 0 Å². The third-order valence-electron chi connectivity index (χ3n) is 9.49. The first-order chi connectivity index (χ1) is 13.5. The number of hydrogen-bond donors (Lipinski definition) is 0. The van der Waals surface area contributed by atoms with E-state index in [-0.39, 0.29) is 34.9 Å². The van der Waals surface area contributed by atoms with E-state index in [1.807, 2.05) is 6.08 Å². The molecule has 158 valence electrons. The quantitative estimate of drug-likeness (QED) is 0.505. The number of hydrogen-bond acceptors (Lipinski definition) is 4. The van der Waals surface area contributed by atoms with Gasteiger partial charge in [0.2, 0.25) is 0 Å². The molecule has 0 saturated heterocycles. The number of ether oxygens (including phenoxy) is 1. The summed E-state index contributed by atoms with van der Waals surface area (Å²) >= 11 is 0. The van der Waals surface area contributed by atoms with Crippen molar-refractivity contribution in [1.82, 2.24) is 0 Å². The highest BCUT2D eigenvalue weighted by atomic mass is 16.5. The summed E-state index contributed by atoms with van der Waals surface area (Å²) in [6.45, 7) is 10.2. The minimum absolute atomic E-state index is 0.0160. The van der Waals surface area contributed by atoms with Gasteiger partial charge in [-0.15, -0.1) is 0 Å². The third kappa shape index (κ3) is 2.74. The Morgan fingerprint density at radius 3 is 2.62 bits per heavy atom. The van der Waals surface area contributed by atoms with Crippen LogP contribution in [0, 0.1) is 34.0 Å². The highest BCUT2D eigenvalue weighted by Gasteiger charge is 2.65. The first-order valence-electron chi connectivity index (χ1n) is 11.1. The highest BCUT2D eigenvalue weighted by molar-refractivity contribution is 5.92. The van der Waals surface area contributed by atoms with E-state index in [2.05, 4.69) is 33.8 Å². The van der Waals surface area contributed by atoms with Gasteiger partial charge in [0.05, 0.1) is 0 Å². The predicted octanol–water partition coefficient (Wildman–Crippen LogP) is 4.82. The Morgan fingerprint density at radius 2 is 1.93 bits per heavy atom. The molecule has 4 aliphatic carbocycles. The number of Topliss-reactive ketones (excluding diaryl/α,β-unsaturated/α-hetero) is 1. The monoisotopic (exact) mass is 398 g/mol. The number of carbonyl (C=O) groups excluding carboxylic acids is 3. The number of esters is 1. The molecule has 2 fully saturated rings. The number of rotatable bonds is 3. The zero-order valence-electron chi connectivity index (χ0n) is 18.5. The van der Waals surface area contributed by atoms with Gasteiger partial charge in [-0.2, -0.15) is 0 Å². The van der Waals surface area contributed by atoms with Crippen LogP contribution in [0.15, 0.2) is 23.3 Å². The van der Waals surface area contributed by atoms with E-state index in [9.17, 15) is 14.4 Å². The smallest absolute Gasteiger partial charge is 0.303 e. The van der Waals surface area contributed by atoms with E-state index >= 15 is 0 Å². The maximum atomic E-state index is 13.3. The van der Waals surface area contributed by atoms with Crippen molar-refractivity contribution in [3.8, 4) is 0 Å². The fraction of sp³-hybridized carbons (Fsp3) is 0.720. The first-order valence-corrected chi connectivity index (χ1v) is 11.1. The fourth-order valence-electron chi connectivity index (χ4n) is 7.34. The van der Waals surface area contributed by atoms with E-state index in [4.69, 9.17) is 4.74 Å². The molecule has 2 saturated carbocycles. The zero-order chi connectivity index (χ0) is 21.2.